The Morgan fingerprint density at radius 2 is 1.89 bits per heavy atom. The monoisotopic (exact) mass is 526 g/mol. The molecule has 1 saturated carbocycles. The molecule has 0 radical (unpaired) electrons. The number of carboxylic acid groups (broad SMARTS) is 1. The summed E-state index contributed by atoms with van der Waals surface area (Å²) in [5.74, 6) is 1.03. The average molecular weight is 527 g/mol. The van der Waals surface area contributed by atoms with Crippen molar-refractivity contribution in [3.63, 3.8) is 0 Å². The van der Waals surface area contributed by atoms with Gasteiger partial charge >= 0.3 is 5.97 Å². The minimum absolute atomic E-state index is 0.126. The minimum atomic E-state index is -1.24. The second-order valence-electron chi connectivity index (χ2n) is 11.2. The zero-order valence-corrected chi connectivity index (χ0v) is 23.5. The molecule has 0 bridgehead atoms. The van der Waals surface area contributed by atoms with Crippen molar-refractivity contribution >= 4 is 23.6 Å². The lowest BCUT2D eigenvalue weighted by Crippen LogP contribution is -2.38. The summed E-state index contributed by atoms with van der Waals surface area (Å²) in [7, 11) is 0. The van der Waals surface area contributed by atoms with Crippen LogP contribution in [0, 0.1) is 19.8 Å². The highest BCUT2D eigenvalue weighted by Gasteiger charge is 2.34. The molecule has 0 unspecified atom stereocenters. The number of carbonyl (C=O) groups excluding carboxylic acids is 1. The maximum Gasteiger partial charge on any atom is 0.337 e. The normalized spacial score (nSPS) is 20.5. The molecule has 4 rings (SSSR count). The second kappa shape index (κ2) is 11.0. The molecule has 1 fully saturated rings. The largest absolute Gasteiger partial charge is 0.492 e. The molecule has 7 nitrogen and oxygen atoms in total. The van der Waals surface area contributed by atoms with Gasteiger partial charge in [-0.05, 0) is 95.0 Å². The van der Waals surface area contributed by atoms with Crippen molar-refractivity contribution in [1.29, 1.82) is 0 Å². The van der Waals surface area contributed by atoms with Crippen LogP contribution in [0.3, 0.4) is 0 Å². The van der Waals surface area contributed by atoms with Crippen LogP contribution in [0.5, 0.6) is 5.75 Å². The second-order valence-corrected chi connectivity index (χ2v) is 12.3. The van der Waals surface area contributed by atoms with Gasteiger partial charge in [0.25, 0.3) is 5.91 Å². The van der Waals surface area contributed by atoms with E-state index in [4.69, 9.17) is 9.47 Å². The highest BCUT2D eigenvalue weighted by atomic mass is 32.2. The molecule has 1 amide bonds. The zero-order valence-electron chi connectivity index (χ0n) is 22.6. The van der Waals surface area contributed by atoms with Gasteiger partial charge < -0.3 is 19.9 Å². The summed E-state index contributed by atoms with van der Waals surface area (Å²) in [6.07, 6.45) is 2.87. The van der Waals surface area contributed by atoms with Crippen LogP contribution in [0.2, 0.25) is 0 Å². The number of benzene rings is 1. The van der Waals surface area contributed by atoms with Crippen molar-refractivity contribution in [2.45, 2.75) is 89.9 Å². The van der Waals surface area contributed by atoms with Gasteiger partial charge in [-0.15, -0.1) is 11.8 Å². The number of fused-ring (bicyclic) bond motifs is 1. The number of hydrogen-bond acceptors (Lipinski definition) is 6. The first-order chi connectivity index (χ1) is 17.4. The SMILES string of the molecule is Cc1nc(C(=O)NC2CCC(C)CC2)c(C)c(-c2ccc3c(c2)SCCO3)c1[C@H](OC(C)(C)C)C(=O)O. The number of hydrogen-bond donors (Lipinski definition) is 2. The first-order valence-corrected chi connectivity index (χ1v) is 14.1. The fraction of sp³-hybridized carbons (Fsp3) is 0.552. The number of aromatic nitrogens is 1. The number of aryl methyl sites for hydroxylation is 1. The minimum Gasteiger partial charge on any atom is -0.492 e. The van der Waals surface area contributed by atoms with Crippen LogP contribution in [-0.4, -0.2) is 46.0 Å². The predicted octanol–water partition coefficient (Wildman–Crippen LogP) is 6.10. The lowest BCUT2D eigenvalue weighted by molar-refractivity contribution is -0.160. The first kappa shape index (κ1) is 27.5. The molecule has 1 atom stereocenters. The molecule has 2 aliphatic rings. The van der Waals surface area contributed by atoms with E-state index in [-0.39, 0.29) is 11.9 Å². The third-order valence-corrected chi connectivity index (χ3v) is 8.02. The van der Waals surface area contributed by atoms with Gasteiger partial charge in [0.05, 0.1) is 17.1 Å². The van der Waals surface area contributed by atoms with Gasteiger partial charge in [0.2, 0.25) is 0 Å². The molecule has 0 saturated heterocycles. The number of nitrogens with one attached hydrogen (secondary N) is 1. The highest BCUT2D eigenvalue weighted by Crippen LogP contribution is 2.42. The Morgan fingerprint density at radius 3 is 2.54 bits per heavy atom. The summed E-state index contributed by atoms with van der Waals surface area (Å²) in [6, 6.07) is 5.99. The van der Waals surface area contributed by atoms with Crippen molar-refractivity contribution < 1.29 is 24.2 Å². The predicted molar refractivity (Wildman–Crippen MR) is 145 cm³/mol. The van der Waals surface area contributed by atoms with Gasteiger partial charge in [0.15, 0.2) is 6.10 Å². The molecular formula is C29H38N2O5S. The highest BCUT2D eigenvalue weighted by molar-refractivity contribution is 7.99. The maximum atomic E-state index is 13.5. The Balaban J connectivity index is 1.84. The number of carboxylic acids is 1. The quantitative estimate of drug-likeness (QED) is 0.469. The average Bonchev–Trinajstić information content (AvgIpc) is 2.84. The first-order valence-electron chi connectivity index (χ1n) is 13.1. The van der Waals surface area contributed by atoms with Gasteiger partial charge in [-0.2, -0.15) is 0 Å². The Morgan fingerprint density at radius 1 is 1.19 bits per heavy atom. The zero-order chi connectivity index (χ0) is 26.9. The molecule has 1 aromatic heterocycles. The van der Waals surface area contributed by atoms with Gasteiger partial charge in [-0.25, -0.2) is 9.78 Å². The molecule has 8 heteroatoms. The van der Waals surface area contributed by atoms with Gasteiger partial charge in [-0.1, -0.05) is 13.0 Å². The Kier molecular flexibility index (Phi) is 8.19. The number of nitrogens with zero attached hydrogens (tertiary/aromatic N) is 1. The van der Waals surface area contributed by atoms with E-state index in [1.807, 2.05) is 45.9 Å². The van der Waals surface area contributed by atoms with E-state index in [2.05, 4.69) is 17.2 Å². The van der Waals surface area contributed by atoms with Crippen molar-refractivity contribution in [3.05, 3.63) is 40.7 Å². The number of amides is 1. The third kappa shape index (κ3) is 6.29. The van der Waals surface area contributed by atoms with Gasteiger partial charge in [0.1, 0.15) is 11.4 Å². The van der Waals surface area contributed by atoms with E-state index in [1.165, 1.54) is 0 Å². The summed E-state index contributed by atoms with van der Waals surface area (Å²) >= 11 is 1.70. The summed E-state index contributed by atoms with van der Waals surface area (Å²) in [4.78, 5) is 31.7. The van der Waals surface area contributed by atoms with Crippen molar-refractivity contribution in [3.8, 4) is 16.9 Å². The molecule has 1 aromatic carbocycles. The summed E-state index contributed by atoms with van der Waals surface area (Å²) < 4.78 is 11.8. The number of carbonyl (C=O) groups is 2. The van der Waals surface area contributed by atoms with Crippen LogP contribution in [0.1, 0.15) is 86.8 Å². The number of pyridine rings is 1. The fourth-order valence-electron chi connectivity index (χ4n) is 5.17. The van der Waals surface area contributed by atoms with Crippen molar-refractivity contribution in [1.82, 2.24) is 10.3 Å². The van der Waals surface area contributed by atoms with E-state index in [0.717, 1.165) is 47.6 Å². The molecule has 2 aromatic rings. The molecule has 2 heterocycles. The smallest absolute Gasteiger partial charge is 0.337 e. The molecule has 1 aliphatic carbocycles. The van der Waals surface area contributed by atoms with Crippen LogP contribution in [0.15, 0.2) is 23.1 Å². The number of aliphatic carboxylic acids is 1. The van der Waals surface area contributed by atoms with Gasteiger partial charge in [0, 0.05) is 23.1 Å². The van der Waals surface area contributed by atoms with Crippen molar-refractivity contribution in [2.24, 2.45) is 5.92 Å². The van der Waals surface area contributed by atoms with E-state index in [0.29, 0.717) is 40.6 Å². The maximum absolute atomic E-state index is 13.5. The standard InChI is InChI=1S/C29H38N2O5S/c1-16-7-10-20(11-8-16)31-27(32)25-17(2)23(19-9-12-21-22(15-19)37-14-13-35-21)24(18(3)30-25)26(28(33)34)36-29(4,5)6/h9,12,15-16,20,26H,7-8,10-11,13-14H2,1-6H3,(H,31,32)(H,33,34)/t16?,20?,26-/m0/s1. The van der Waals surface area contributed by atoms with Crippen LogP contribution < -0.4 is 10.1 Å². The van der Waals surface area contributed by atoms with E-state index in [1.54, 1.807) is 18.7 Å². The molecule has 2 N–H and O–H groups in total. The molecule has 0 spiro atoms. The number of ether oxygens (including phenoxy) is 2. The molecule has 37 heavy (non-hydrogen) atoms. The Labute approximate surface area is 223 Å². The van der Waals surface area contributed by atoms with E-state index in [9.17, 15) is 14.7 Å². The molecular weight excluding hydrogens is 488 g/mol. The van der Waals surface area contributed by atoms with Crippen LogP contribution in [0.25, 0.3) is 11.1 Å². The van der Waals surface area contributed by atoms with Crippen LogP contribution in [0.4, 0.5) is 0 Å². The lowest BCUT2D eigenvalue weighted by atomic mass is 9.87. The lowest BCUT2D eigenvalue weighted by Gasteiger charge is -2.30. The number of rotatable bonds is 6. The third-order valence-electron chi connectivity index (χ3n) is 7.02. The topological polar surface area (TPSA) is 97.8 Å². The number of thioether (sulfide) groups is 1. The van der Waals surface area contributed by atoms with Crippen molar-refractivity contribution in [2.75, 3.05) is 12.4 Å². The van der Waals surface area contributed by atoms with Crippen LogP contribution >= 0.6 is 11.8 Å². The summed E-state index contributed by atoms with van der Waals surface area (Å²) in [5.41, 5.74) is 2.73. The summed E-state index contributed by atoms with van der Waals surface area (Å²) in [6.45, 7) is 12.0. The molecule has 1 aliphatic heterocycles. The molecule has 200 valence electrons. The fourth-order valence-corrected chi connectivity index (χ4v) is 6.04. The van der Waals surface area contributed by atoms with Gasteiger partial charge in [-0.3, -0.25) is 4.79 Å². The van der Waals surface area contributed by atoms with Crippen LogP contribution in [-0.2, 0) is 9.53 Å². The Bertz CT molecular complexity index is 1180. The van der Waals surface area contributed by atoms with E-state index < -0.39 is 17.7 Å². The Hall–Kier alpha value is -2.58. The summed E-state index contributed by atoms with van der Waals surface area (Å²) in [5, 5.41) is 13.4. The van der Waals surface area contributed by atoms with E-state index >= 15 is 0 Å².